The monoisotopic (exact) mass is 331 g/mol. The van der Waals surface area contributed by atoms with Crippen molar-refractivity contribution < 1.29 is 0 Å². The van der Waals surface area contributed by atoms with Gasteiger partial charge in [0.1, 0.15) is 0 Å². The second kappa shape index (κ2) is 6.51. The van der Waals surface area contributed by atoms with Crippen LogP contribution in [0.4, 0.5) is 23.1 Å². The molecule has 0 saturated carbocycles. The minimum absolute atomic E-state index is 0.640. The lowest BCUT2D eigenvalue weighted by molar-refractivity contribution is 0.742. The molecule has 3 aromatic rings. The van der Waals surface area contributed by atoms with Crippen LogP contribution in [-0.4, -0.2) is 21.7 Å². The fourth-order valence-electron chi connectivity index (χ4n) is 3.40. The van der Waals surface area contributed by atoms with Crippen molar-refractivity contribution >= 4 is 23.1 Å². The molecule has 2 heterocycles. The topological polar surface area (TPSA) is 53.9 Å². The molecule has 0 radical (unpaired) electrons. The number of fused-ring (bicyclic) bond motifs is 1. The largest absolute Gasteiger partial charge is 0.339 e. The summed E-state index contributed by atoms with van der Waals surface area (Å²) in [5.74, 6) is 1.35. The zero-order valence-corrected chi connectivity index (χ0v) is 14.5. The van der Waals surface area contributed by atoms with Crippen LogP contribution in [0, 0.1) is 13.8 Å². The highest BCUT2D eigenvalue weighted by Crippen LogP contribution is 2.31. The number of para-hydroxylation sites is 1. The van der Waals surface area contributed by atoms with Crippen molar-refractivity contribution in [3.8, 4) is 0 Å². The quantitative estimate of drug-likeness (QED) is 0.775. The first kappa shape index (κ1) is 15.6. The molecule has 126 valence electrons. The van der Waals surface area contributed by atoms with Gasteiger partial charge in [-0.25, -0.2) is 0 Å². The summed E-state index contributed by atoms with van der Waals surface area (Å²) >= 11 is 0. The number of rotatable bonds is 3. The van der Waals surface area contributed by atoms with Crippen LogP contribution >= 0.6 is 0 Å². The molecule has 0 aliphatic carbocycles. The van der Waals surface area contributed by atoms with Crippen LogP contribution in [0.5, 0.6) is 0 Å². The Kier molecular flexibility index (Phi) is 4.06. The normalized spacial score (nSPS) is 13.4. The number of benzene rings is 2. The van der Waals surface area contributed by atoms with E-state index in [1.165, 1.54) is 22.4 Å². The molecule has 1 aliphatic heterocycles. The molecule has 5 heteroatoms. The van der Waals surface area contributed by atoms with Crippen molar-refractivity contribution in [2.45, 2.75) is 26.7 Å². The number of hydrogen-bond donors (Lipinski definition) is 1. The van der Waals surface area contributed by atoms with Gasteiger partial charge < -0.3 is 10.2 Å². The SMILES string of the molecule is Cc1cc(C)cc(Nc2cnnc(N3CCCc4ccccc43)n2)c1. The summed E-state index contributed by atoms with van der Waals surface area (Å²) in [6, 6.07) is 14.8. The van der Waals surface area contributed by atoms with Gasteiger partial charge in [0, 0.05) is 17.9 Å². The zero-order chi connectivity index (χ0) is 17.2. The molecule has 1 aromatic heterocycles. The van der Waals surface area contributed by atoms with Crippen LogP contribution < -0.4 is 10.2 Å². The van der Waals surface area contributed by atoms with Gasteiger partial charge in [-0.1, -0.05) is 24.3 Å². The highest BCUT2D eigenvalue weighted by molar-refractivity contribution is 5.65. The molecule has 0 amide bonds. The molecule has 0 bridgehead atoms. The van der Waals surface area contributed by atoms with Crippen LogP contribution in [0.25, 0.3) is 0 Å². The van der Waals surface area contributed by atoms with Crippen molar-refractivity contribution in [2.75, 3.05) is 16.8 Å². The van der Waals surface area contributed by atoms with E-state index in [1.807, 2.05) is 0 Å². The number of nitrogens with zero attached hydrogens (tertiary/aromatic N) is 4. The average Bonchev–Trinajstić information content (AvgIpc) is 2.60. The molecular formula is C20H21N5. The summed E-state index contributed by atoms with van der Waals surface area (Å²) in [4.78, 5) is 6.84. The molecule has 0 saturated heterocycles. The van der Waals surface area contributed by atoms with Crippen LogP contribution in [0.3, 0.4) is 0 Å². The Balaban J connectivity index is 1.64. The van der Waals surface area contributed by atoms with Crippen LogP contribution in [0.15, 0.2) is 48.7 Å². The first-order valence-corrected chi connectivity index (χ1v) is 8.59. The summed E-state index contributed by atoms with van der Waals surface area (Å²) < 4.78 is 0. The number of aromatic nitrogens is 3. The molecule has 2 aromatic carbocycles. The van der Waals surface area contributed by atoms with E-state index in [1.54, 1.807) is 6.20 Å². The molecule has 1 aliphatic rings. The van der Waals surface area contributed by atoms with Gasteiger partial charge >= 0.3 is 0 Å². The van der Waals surface area contributed by atoms with Gasteiger partial charge in [0.25, 0.3) is 5.95 Å². The van der Waals surface area contributed by atoms with Gasteiger partial charge in [-0.15, -0.1) is 5.10 Å². The lowest BCUT2D eigenvalue weighted by Crippen LogP contribution is -2.26. The number of aryl methyl sites for hydroxylation is 3. The summed E-state index contributed by atoms with van der Waals surface area (Å²) in [5.41, 5.74) is 5.97. The van der Waals surface area contributed by atoms with Crippen LogP contribution in [-0.2, 0) is 6.42 Å². The highest BCUT2D eigenvalue weighted by Gasteiger charge is 2.20. The Morgan fingerprint density at radius 2 is 1.84 bits per heavy atom. The maximum absolute atomic E-state index is 4.69. The Morgan fingerprint density at radius 1 is 1.04 bits per heavy atom. The van der Waals surface area contributed by atoms with Gasteiger partial charge in [-0.3, -0.25) is 0 Å². The summed E-state index contributed by atoms with van der Waals surface area (Å²) in [6.45, 7) is 5.09. The predicted octanol–water partition coefficient (Wildman–Crippen LogP) is 4.32. The molecule has 0 spiro atoms. The van der Waals surface area contributed by atoms with Crippen molar-refractivity contribution in [1.29, 1.82) is 0 Å². The maximum Gasteiger partial charge on any atom is 0.251 e. The molecule has 4 rings (SSSR count). The third-order valence-electron chi connectivity index (χ3n) is 4.39. The molecule has 5 nitrogen and oxygen atoms in total. The number of anilines is 4. The van der Waals surface area contributed by atoms with E-state index in [9.17, 15) is 0 Å². The molecule has 1 N–H and O–H groups in total. The molecular weight excluding hydrogens is 310 g/mol. The van der Waals surface area contributed by atoms with E-state index in [4.69, 9.17) is 4.98 Å². The van der Waals surface area contributed by atoms with Crippen molar-refractivity contribution in [1.82, 2.24) is 15.2 Å². The molecule has 25 heavy (non-hydrogen) atoms. The first-order valence-electron chi connectivity index (χ1n) is 8.59. The van der Waals surface area contributed by atoms with Crippen molar-refractivity contribution in [2.24, 2.45) is 0 Å². The van der Waals surface area contributed by atoms with Gasteiger partial charge in [-0.05, 0) is 61.6 Å². The first-order chi connectivity index (χ1) is 12.2. The zero-order valence-electron chi connectivity index (χ0n) is 14.5. The van der Waals surface area contributed by atoms with E-state index in [0.29, 0.717) is 11.8 Å². The lowest BCUT2D eigenvalue weighted by Gasteiger charge is -2.29. The third kappa shape index (κ3) is 3.31. The molecule has 0 fully saturated rings. The van der Waals surface area contributed by atoms with E-state index in [-0.39, 0.29) is 0 Å². The number of hydrogen-bond acceptors (Lipinski definition) is 5. The maximum atomic E-state index is 4.69. The lowest BCUT2D eigenvalue weighted by atomic mass is 10.0. The molecule has 0 unspecified atom stereocenters. The second-order valence-corrected chi connectivity index (χ2v) is 6.53. The van der Waals surface area contributed by atoms with E-state index in [2.05, 4.69) is 76.7 Å². The van der Waals surface area contributed by atoms with Gasteiger partial charge in [0.2, 0.25) is 0 Å². The Labute approximate surface area is 147 Å². The summed E-state index contributed by atoms with van der Waals surface area (Å²) in [5, 5.41) is 11.8. The third-order valence-corrected chi connectivity index (χ3v) is 4.39. The van der Waals surface area contributed by atoms with Gasteiger partial charge in [0.05, 0.1) is 6.20 Å². The Bertz CT molecular complexity index is 886. The van der Waals surface area contributed by atoms with Gasteiger partial charge in [0.15, 0.2) is 5.82 Å². The average molecular weight is 331 g/mol. The minimum Gasteiger partial charge on any atom is -0.339 e. The highest BCUT2D eigenvalue weighted by atomic mass is 15.3. The fraction of sp³-hybridized carbons (Fsp3) is 0.250. The van der Waals surface area contributed by atoms with Crippen LogP contribution in [0.1, 0.15) is 23.1 Å². The Hall–Kier alpha value is -2.95. The van der Waals surface area contributed by atoms with Crippen molar-refractivity contribution in [3.05, 3.63) is 65.4 Å². The van der Waals surface area contributed by atoms with Crippen LogP contribution in [0.2, 0.25) is 0 Å². The minimum atomic E-state index is 0.640. The second-order valence-electron chi connectivity index (χ2n) is 6.53. The van der Waals surface area contributed by atoms with Crippen molar-refractivity contribution in [3.63, 3.8) is 0 Å². The summed E-state index contributed by atoms with van der Waals surface area (Å²) in [7, 11) is 0. The smallest absolute Gasteiger partial charge is 0.251 e. The van der Waals surface area contributed by atoms with E-state index >= 15 is 0 Å². The number of nitrogens with one attached hydrogen (secondary N) is 1. The fourth-order valence-corrected chi connectivity index (χ4v) is 3.40. The van der Waals surface area contributed by atoms with Gasteiger partial charge in [-0.2, -0.15) is 10.1 Å². The predicted molar refractivity (Wildman–Crippen MR) is 101 cm³/mol. The molecule has 0 atom stereocenters. The Morgan fingerprint density at radius 3 is 2.68 bits per heavy atom. The van der Waals surface area contributed by atoms with E-state index in [0.717, 1.165) is 25.1 Å². The van der Waals surface area contributed by atoms with E-state index < -0.39 is 0 Å². The standard InChI is InChI=1S/C20H21N5/c1-14-10-15(2)12-17(11-14)22-19-13-21-24-20(23-19)25-9-5-7-16-6-3-4-8-18(16)25/h3-4,6,8,10-13H,5,7,9H2,1-2H3,(H,22,23,24). The summed E-state index contributed by atoms with van der Waals surface area (Å²) in [6.07, 6.45) is 3.85.